The molecule has 160 valence electrons. The number of Topliss-reactive ketones (excluding diaryl/α,β-unsaturated/α-hetero) is 2. The van der Waals surface area contributed by atoms with Crippen LogP contribution in [0.3, 0.4) is 0 Å². The molecular weight excluding hydrogens is 416 g/mol. The highest BCUT2D eigenvalue weighted by atomic mass is 16.1. The summed E-state index contributed by atoms with van der Waals surface area (Å²) < 4.78 is 3.41. The van der Waals surface area contributed by atoms with Gasteiger partial charge in [-0.1, -0.05) is 53.7 Å². The monoisotopic (exact) mass is 434 g/mol. The third-order valence-corrected chi connectivity index (χ3v) is 5.87. The Morgan fingerprint density at radius 1 is 0.788 bits per heavy atom. The predicted octanol–water partition coefficient (Wildman–Crippen LogP) is 4.16. The van der Waals surface area contributed by atoms with Gasteiger partial charge < -0.3 is 9.88 Å². The van der Waals surface area contributed by atoms with Crippen LogP contribution in [0.15, 0.2) is 78.5 Å². The summed E-state index contributed by atoms with van der Waals surface area (Å²) in [7, 11) is 0. The number of anilines is 1. The van der Waals surface area contributed by atoms with Crippen LogP contribution in [-0.4, -0.2) is 36.1 Å². The maximum atomic E-state index is 13.7. The van der Waals surface area contributed by atoms with Crippen molar-refractivity contribution in [3.8, 4) is 0 Å². The maximum Gasteiger partial charge on any atom is 0.214 e. The van der Waals surface area contributed by atoms with Crippen LogP contribution in [0.5, 0.6) is 0 Å². The molecule has 1 aliphatic rings. The van der Waals surface area contributed by atoms with E-state index in [2.05, 4.69) is 20.6 Å². The second-order valence-corrected chi connectivity index (χ2v) is 7.71. The minimum absolute atomic E-state index is 0.124. The first-order chi connectivity index (χ1) is 16.2. The molecule has 0 amide bonds. The number of aryl methyl sites for hydroxylation is 1. The molecular formula is C25H18N6O2. The molecule has 0 atom stereocenters. The summed E-state index contributed by atoms with van der Waals surface area (Å²) in [6.45, 7) is 2.64. The first kappa shape index (κ1) is 19.1. The van der Waals surface area contributed by atoms with Crippen molar-refractivity contribution in [3.05, 3.63) is 89.6 Å². The zero-order valence-corrected chi connectivity index (χ0v) is 17.7. The molecule has 1 aliphatic carbocycles. The molecule has 33 heavy (non-hydrogen) atoms. The van der Waals surface area contributed by atoms with Crippen LogP contribution in [0.4, 0.5) is 5.95 Å². The van der Waals surface area contributed by atoms with Crippen molar-refractivity contribution in [2.45, 2.75) is 13.5 Å². The van der Waals surface area contributed by atoms with Crippen molar-refractivity contribution in [2.24, 2.45) is 0 Å². The van der Waals surface area contributed by atoms with Crippen LogP contribution in [0.1, 0.15) is 27.6 Å². The topological polar surface area (TPSA) is 94.7 Å². The molecule has 0 spiro atoms. The van der Waals surface area contributed by atoms with E-state index in [1.807, 2.05) is 60.0 Å². The smallest absolute Gasteiger partial charge is 0.214 e. The highest BCUT2D eigenvalue weighted by Gasteiger charge is 2.35. The summed E-state index contributed by atoms with van der Waals surface area (Å²) in [5.41, 5.74) is 3.93. The molecule has 8 heteroatoms. The van der Waals surface area contributed by atoms with Gasteiger partial charge in [-0.2, -0.15) is 0 Å². The number of allylic oxidation sites excluding steroid dienone is 2. The SMILES string of the molecule is CCn1c(NC2=C(n3nnc4ccccc43)C(=O)c3ccccc3C2=O)nc2ccccc21. The number of para-hydroxylation sites is 3. The van der Waals surface area contributed by atoms with Gasteiger partial charge in [0.1, 0.15) is 16.9 Å². The molecule has 0 saturated heterocycles. The molecule has 0 aliphatic heterocycles. The number of carbonyl (C=O) groups excluding carboxylic acids is 2. The van der Waals surface area contributed by atoms with E-state index in [4.69, 9.17) is 0 Å². The lowest BCUT2D eigenvalue weighted by Crippen LogP contribution is -2.29. The van der Waals surface area contributed by atoms with Gasteiger partial charge in [-0.25, -0.2) is 9.67 Å². The fraction of sp³-hybridized carbons (Fsp3) is 0.0800. The van der Waals surface area contributed by atoms with E-state index in [9.17, 15) is 9.59 Å². The average Bonchev–Trinajstić information content (AvgIpc) is 3.43. The molecule has 0 saturated carbocycles. The fourth-order valence-corrected chi connectivity index (χ4v) is 4.32. The molecule has 0 unspecified atom stereocenters. The van der Waals surface area contributed by atoms with Crippen LogP contribution in [0.25, 0.3) is 27.8 Å². The Morgan fingerprint density at radius 3 is 2.18 bits per heavy atom. The van der Waals surface area contributed by atoms with Gasteiger partial charge in [-0.15, -0.1) is 5.10 Å². The van der Waals surface area contributed by atoms with Crippen molar-refractivity contribution in [1.82, 2.24) is 24.5 Å². The van der Waals surface area contributed by atoms with Crippen molar-refractivity contribution in [3.63, 3.8) is 0 Å². The van der Waals surface area contributed by atoms with Gasteiger partial charge >= 0.3 is 0 Å². The first-order valence-electron chi connectivity index (χ1n) is 10.6. The molecule has 5 aromatic rings. The maximum absolute atomic E-state index is 13.7. The third kappa shape index (κ3) is 2.81. The quantitative estimate of drug-likeness (QED) is 0.456. The summed E-state index contributed by atoms with van der Waals surface area (Å²) in [5.74, 6) is -0.117. The number of carbonyl (C=O) groups is 2. The van der Waals surface area contributed by atoms with E-state index >= 15 is 0 Å². The highest BCUT2D eigenvalue weighted by molar-refractivity contribution is 6.38. The van der Waals surface area contributed by atoms with Gasteiger partial charge in [0.25, 0.3) is 0 Å². The van der Waals surface area contributed by atoms with E-state index in [1.54, 1.807) is 24.3 Å². The number of hydrogen-bond donors (Lipinski definition) is 1. The number of imidazole rings is 1. The Hall–Kier alpha value is -4.59. The number of ketones is 2. The molecule has 6 rings (SSSR count). The Morgan fingerprint density at radius 2 is 1.42 bits per heavy atom. The minimum Gasteiger partial charge on any atom is -0.320 e. The standard InChI is InChI=1S/C25H18N6O2/c1-2-30-19-13-7-5-11-17(19)26-25(30)27-21-22(31-20-14-8-6-12-18(20)28-29-31)24(33)16-10-4-3-9-15(16)23(21)32/h3-14H,2H2,1H3,(H,26,27). The highest BCUT2D eigenvalue weighted by Crippen LogP contribution is 2.32. The van der Waals surface area contributed by atoms with E-state index in [1.165, 1.54) is 4.68 Å². The Bertz CT molecular complexity index is 1620. The molecule has 0 bridgehead atoms. The number of fused-ring (bicyclic) bond motifs is 3. The third-order valence-electron chi connectivity index (χ3n) is 5.87. The summed E-state index contributed by atoms with van der Waals surface area (Å²) in [6, 6.07) is 21.9. The van der Waals surface area contributed by atoms with Gasteiger partial charge in [-0.3, -0.25) is 9.59 Å². The number of hydrogen-bond acceptors (Lipinski definition) is 6. The zero-order valence-electron chi connectivity index (χ0n) is 17.7. The van der Waals surface area contributed by atoms with Crippen LogP contribution < -0.4 is 5.32 Å². The van der Waals surface area contributed by atoms with Crippen molar-refractivity contribution < 1.29 is 9.59 Å². The van der Waals surface area contributed by atoms with Gasteiger partial charge in [0.15, 0.2) is 0 Å². The van der Waals surface area contributed by atoms with Crippen molar-refractivity contribution in [2.75, 3.05) is 5.32 Å². The van der Waals surface area contributed by atoms with Gasteiger partial charge in [0, 0.05) is 17.7 Å². The molecule has 8 nitrogen and oxygen atoms in total. The van der Waals surface area contributed by atoms with Crippen molar-refractivity contribution in [1.29, 1.82) is 0 Å². The number of benzene rings is 3. The first-order valence-corrected chi connectivity index (χ1v) is 10.6. The normalized spacial score (nSPS) is 13.7. The lowest BCUT2D eigenvalue weighted by atomic mass is 9.90. The number of nitrogens with one attached hydrogen (secondary N) is 1. The van der Waals surface area contributed by atoms with Crippen LogP contribution in [0, 0.1) is 0 Å². The second kappa shape index (κ2) is 7.23. The Kier molecular flexibility index (Phi) is 4.19. The summed E-state index contributed by atoms with van der Waals surface area (Å²) in [4.78, 5) is 32.0. The van der Waals surface area contributed by atoms with Crippen LogP contribution >= 0.6 is 0 Å². The molecule has 0 fully saturated rings. The number of nitrogens with zero attached hydrogens (tertiary/aromatic N) is 5. The molecule has 3 aromatic carbocycles. The minimum atomic E-state index is -0.303. The average molecular weight is 434 g/mol. The summed E-state index contributed by atoms with van der Waals surface area (Å²) in [6.07, 6.45) is 0. The molecule has 2 heterocycles. The molecule has 2 aromatic heterocycles. The van der Waals surface area contributed by atoms with E-state index in [-0.39, 0.29) is 23.0 Å². The van der Waals surface area contributed by atoms with Gasteiger partial charge in [-0.05, 0) is 31.2 Å². The van der Waals surface area contributed by atoms with E-state index in [0.717, 1.165) is 11.0 Å². The number of aromatic nitrogens is 5. The second-order valence-electron chi connectivity index (χ2n) is 7.71. The zero-order chi connectivity index (χ0) is 22.5. The van der Waals surface area contributed by atoms with Gasteiger partial charge in [0.05, 0.1) is 16.6 Å². The number of rotatable bonds is 4. The van der Waals surface area contributed by atoms with Crippen molar-refractivity contribution >= 4 is 45.3 Å². The Labute approximate surface area is 188 Å². The summed E-state index contributed by atoms with van der Waals surface area (Å²) >= 11 is 0. The fourth-order valence-electron chi connectivity index (χ4n) is 4.32. The lowest BCUT2D eigenvalue weighted by Gasteiger charge is -2.22. The van der Waals surface area contributed by atoms with Crippen LogP contribution in [0.2, 0.25) is 0 Å². The predicted molar refractivity (Wildman–Crippen MR) is 125 cm³/mol. The Balaban J connectivity index is 1.61. The summed E-state index contributed by atoms with van der Waals surface area (Å²) in [5, 5.41) is 11.6. The van der Waals surface area contributed by atoms with Gasteiger partial charge in [0.2, 0.25) is 17.5 Å². The molecule has 1 N–H and O–H groups in total. The van der Waals surface area contributed by atoms with Crippen LogP contribution in [-0.2, 0) is 6.54 Å². The van der Waals surface area contributed by atoms with E-state index < -0.39 is 0 Å². The van der Waals surface area contributed by atoms with E-state index in [0.29, 0.717) is 34.7 Å². The lowest BCUT2D eigenvalue weighted by molar-refractivity contribution is 0.0988. The largest absolute Gasteiger partial charge is 0.320 e. The molecule has 0 radical (unpaired) electrons.